The Kier molecular flexibility index (Phi) is 5.63. The number of piperidine rings is 1. The molecule has 6 heteroatoms. The molecular weight excluding hydrogens is 330 g/mol. The largest absolute Gasteiger partial charge is 0.383 e. The van der Waals surface area contributed by atoms with E-state index >= 15 is 0 Å². The number of amides is 2. The number of hydrogen-bond donors (Lipinski definition) is 0. The van der Waals surface area contributed by atoms with Gasteiger partial charge >= 0.3 is 0 Å². The number of methoxy groups -OCH3 is 1. The third kappa shape index (κ3) is 3.05. The number of likely N-dealkylation sites (tertiary alicyclic amines) is 3. The Morgan fingerprint density at radius 3 is 2.38 bits per heavy atom. The second kappa shape index (κ2) is 7.47. The molecule has 3 aliphatic heterocycles. The zero-order chi connectivity index (χ0) is 18.9. The molecule has 1 atom stereocenters. The minimum atomic E-state index is -0.260. The summed E-state index contributed by atoms with van der Waals surface area (Å²) < 4.78 is 5.28. The van der Waals surface area contributed by atoms with Crippen molar-refractivity contribution in [2.45, 2.75) is 40.0 Å². The fourth-order valence-corrected chi connectivity index (χ4v) is 5.50. The summed E-state index contributed by atoms with van der Waals surface area (Å²) in [7, 11) is 1.73. The van der Waals surface area contributed by atoms with Gasteiger partial charge in [0, 0.05) is 64.3 Å². The van der Waals surface area contributed by atoms with Gasteiger partial charge in [0.05, 0.1) is 12.0 Å². The average molecular weight is 366 g/mol. The lowest BCUT2D eigenvalue weighted by Gasteiger charge is -2.47. The highest BCUT2D eigenvalue weighted by atomic mass is 16.5. The maximum Gasteiger partial charge on any atom is 0.230 e. The van der Waals surface area contributed by atoms with Crippen LogP contribution in [0.1, 0.15) is 40.0 Å². The Morgan fingerprint density at radius 1 is 1.15 bits per heavy atom. The molecule has 3 saturated heterocycles. The highest BCUT2D eigenvalue weighted by Gasteiger charge is 2.64. The van der Waals surface area contributed by atoms with Crippen LogP contribution >= 0.6 is 0 Å². The second-order valence-electron chi connectivity index (χ2n) is 8.68. The number of nitrogens with zero attached hydrogens (tertiary/aromatic N) is 3. The predicted octanol–water partition coefficient (Wildman–Crippen LogP) is 1.45. The Bertz CT molecular complexity index is 542. The van der Waals surface area contributed by atoms with E-state index in [0.717, 1.165) is 65.1 Å². The number of carbonyl (C=O) groups excluding carboxylic acids is 2. The molecule has 0 N–H and O–H groups in total. The van der Waals surface area contributed by atoms with Crippen molar-refractivity contribution in [2.75, 3.05) is 59.5 Å². The number of hydrogen-bond acceptors (Lipinski definition) is 4. The van der Waals surface area contributed by atoms with Crippen LogP contribution in [0.2, 0.25) is 0 Å². The SMILES string of the molecule is CCN1CCC2(CN(CCOC)CC23CCN(C(=O)C(C)C)CC3)C1=O. The summed E-state index contributed by atoms with van der Waals surface area (Å²) in [6.45, 7) is 12.7. The molecule has 1 unspecified atom stereocenters. The van der Waals surface area contributed by atoms with Crippen LogP contribution in [0.3, 0.4) is 0 Å². The van der Waals surface area contributed by atoms with Gasteiger partial charge in [-0.3, -0.25) is 14.5 Å². The van der Waals surface area contributed by atoms with E-state index in [9.17, 15) is 9.59 Å². The number of fused-ring (bicyclic) bond motifs is 1. The summed E-state index contributed by atoms with van der Waals surface area (Å²) in [5, 5.41) is 0. The maximum absolute atomic E-state index is 13.4. The minimum absolute atomic E-state index is 0.00943. The van der Waals surface area contributed by atoms with Gasteiger partial charge < -0.3 is 14.5 Å². The van der Waals surface area contributed by atoms with E-state index in [1.54, 1.807) is 7.11 Å². The quantitative estimate of drug-likeness (QED) is 0.740. The van der Waals surface area contributed by atoms with Crippen molar-refractivity contribution in [1.29, 1.82) is 0 Å². The first-order chi connectivity index (χ1) is 12.4. The predicted molar refractivity (Wildman–Crippen MR) is 101 cm³/mol. The smallest absolute Gasteiger partial charge is 0.230 e. The van der Waals surface area contributed by atoms with Gasteiger partial charge in [-0.25, -0.2) is 0 Å². The third-order valence-corrected chi connectivity index (χ3v) is 7.06. The number of carbonyl (C=O) groups is 2. The molecule has 3 fully saturated rings. The fraction of sp³-hybridized carbons (Fsp3) is 0.900. The highest BCUT2D eigenvalue weighted by Crippen LogP contribution is 2.57. The van der Waals surface area contributed by atoms with Crippen LogP contribution in [0.15, 0.2) is 0 Å². The molecule has 0 aromatic carbocycles. The summed E-state index contributed by atoms with van der Waals surface area (Å²) in [5.41, 5.74) is -0.251. The normalized spacial score (nSPS) is 28.9. The molecule has 0 saturated carbocycles. The van der Waals surface area contributed by atoms with Crippen molar-refractivity contribution in [3.8, 4) is 0 Å². The van der Waals surface area contributed by atoms with Crippen molar-refractivity contribution >= 4 is 11.8 Å². The summed E-state index contributed by atoms with van der Waals surface area (Å²) in [4.78, 5) is 32.2. The van der Waals surface area contributed by atoms with Gasteiger partial charge in [-0.15, -0.1) is 0 Å². The van der Waals surface area contributed by atoms with Gasteiger partial charge in [0.25, 0.3) is 0 Å². The molecular formula is C20H35N3O3. The third-order valence-electron chi connectivity index (χ3n) is 7.06. The Balaban J connectivity index is 1.81. The van der Waals surface area contributed by atoms with Gasteiger partial charge in [-0.05, 0) is 26.2 Å². The molecule has 0 aliphatic carbocycles. The molecule has 3 rings (SSSR count). The Labute approximate surface area is 157 Å². The van der Waals surface area contributed by atoms with E-state index in [-0.39, 0.29) is 22.7 Å². The number of ether oxygens (including phenoxy) is 1. The minimum Gasteiger partial charge on any atom is -0.383 e. The average Bonchev–Trinajstić information content (AvgIpc) is 3.12. The van der Waals surface area contributed by atoms with Crippen molar-refractivity contribution in [2.24, 2.45) is 16.7 Å². The zero-order valence-corrected chi connectivity index (χ0v) is 16.9. The molecule has 3 aliphatic rings. The van der Waals surface area contributed by atoms with Crippen molar-refractivity contribution in [3.63, 3.8) is 0 Å². The highest BCUT2D eigenvalue weighted by molar-refractivity contribution is 5.87. The van der Waals surface area contributed by atoms with E-state index in [1.807, 2.05) is 23.6 Å². The van der Waals surface area contributed by atoms with Gasteiger partial charge in [0.1, 0.15) is 0 Å². The molecule has 2 spiro atoms. The van der Waals surface area contributed by atoms with Crippen LogP contribution < -0.4 is 0 Å². The first-order valence-electron chi connectivity index (χ1n) is 10.2. The van der Waals surface area contributed by atoms with Gasteiger partial charge in [0.2, 0.25) is 11.8 Å². The van der Waals surface area contributed by atoms with E-state index in [4.69, 9.17) is 4.74 Å². The Hall–Kier alpha value is -1.14. The standard InChI is InChI=1S/C20H35N3O3/c1-5-22-11-8-20(18(22)25)15-21(12-13-26-4)14-19(20)6-9-23(10-7-19)17(24)16(2)3/h16H,5-15H2,1-4H3. The number of rotatable bonds is 5. The molecule has 2 amide bonds. The first-order valence-corrected chi connectivity index (χ1v) is 10.2. The summed E-state index contributed by atoms with van der Waals surface area (Å²) in [6.07, 6.45) is 2.84. The first kappa shape index (κ1) is 19.6. The van der Waals surface area contributed by atoms with Crippen LogP contribution in [0.5, 0.6) is 0 Å². The van der Waals surface area contributed by atoms with Crippen LogP contribution in [0, 0.1) is 16.7 Å². The van der Waals surface area contributed by atoms with Gasteiger partial charge in [-0.2, -0.15) is 0 Å². The van der Waals surface area contributed by atoms with E-state index in [0.29, 0.717) is 12.5 Å². The zero-order valence-electron chi connectivity index (χ0n) is 16.9. The molecule has 0 aromatic heterocycles. The monoisotopic (exact) mass is 365 g/mol. The molecule has 148 valence electrons. The fourth-order valence-electron chi connectivity index (χ4n) is 5.50. The topological polar surface area (TPSA) is 53.1 Å². The van der Waals surface area contributed by atoms with Crippen LogP contribution in [0.4, 0.5) is 0 Å². The molecule has 0 aromatic rings. The maximum atomic E-state index is 13.4. The lowest BCUT2D eigenvalue weighted by molar-refractivity contribution is -0.144. The molecule has 6 nitrogen and oxygen atoms in total. The molecule has 0 radical (unpaired) electrons. The van der Waals surface area contributed by atoms with Gasteiger partial charge in [-0.1, -0.05) is 13.8 Å². The van der Waals surface area contributed by atoms with Crippen molar-refractivity contribution in [1.82, 2.24) is 14.7 Å². The van der Waals surface area contributed by atoms with Crippen molar-refractivity contribution < 1.29 is 14.3 Å². The van der Waals surface area contributed by atoms with Crippen LogP contribution in [-0.4, -0.2) is 86.0 Å². The van der Waals surface area contributed by atoms with E-state index in [1.165, 1.54) is 0 Å². The van der Waals surface area contributed by atoms with Crippen LogP contribution in [0.25, 0.3) is 0 Å². The van der Waals surface area contributed by atoms with E-state index < -0.39 is 0 Å². The molecule has 26 heavy (non-hydrogen) atoms. The van der Waals surface area contributed by atoms with Crippen molar-refractivity contribution in [3.05, 3.63) is 0 Å². The Morgan fingerprint density at radius 2 is 1.85 bits per heavy atom. The van der Waals surface area contributed by atoms with Gasteiger partial charge in [0.15, 0.2) is 0 Å². The second-order valence-corrected chi connectivity index (χ2v) is 8.68. The van der Waals surface area contributed by atoms with E-state index in [2.05, 4.69) is 11.8 Å². The summed E-state index contributed by atoms with van der Waals surface area (Å²) in [6, 6.07) is 0. The molecule has 3 heterocycles. The summed E-state index contributed by atoms with van der Waals surface area (Å²) >= 11 is 0. The van der Waals surface area contributed by atoms with Crippen LogP contribution in [-0.2, 0) is 14.3 Å². The molecule has 0 bridgehead atoms. The summed E-state index contributed by atoms with van der Waals surface area (Å²) in [5.74, 6) is 0.642. The lowest BCUT2D eigenvalue weighted by atomic mass is 9.60. The lowest BCUT2D eigenvalue weighted by Crippen LogP contribution is -2.54.